The Hall–Kier alpha value is -1.35. The van der Waals surface area contributed by atoms with E-state index in [-0.39, 0.29) is 0 Å². The average Bonchev–Trinajstić information content (AvgIpc) is 2.77. The van der Waals surface area contributed by atoms with E-state index in [9.17, 15) is 4.79 Å². The molecule has 1 N–H and O–H groups in total. The second kappa shape index (κ2) is 6.20. The molecule has 0 radical (unpaired) electrons. The maximum absolute atomic E-state index is 11.6. The summed E-state index contributed by atoms with van der Waals surface area (Å²) in [5.41, 5.74) is 4.04. The van der Waals surface area contributed by atoms with Crippen LogP contribution < -0.4 is 5.32 Å². The van der Waals surface area contributed by atoms with Gasteiger partial charge in [0.15, 0.2) is 0 Å². The van der Waals surface area contributed by atoms with Crippen molar-refractivity contribution < 1.29 is 4.79 Å². The van der Waals surface area contributed by atoms with E-state index in [0.29, 0.717) is 11.9 Å². The molecule has 0 aliphatic carbocycles. The SMILES string of the molecule is Cc1cccc(CNC(C)CN2CCCC2=O)c1C. The van der Waals surface area contributed by atoms with Crippen molar-refractivity contribution >= 4 is 5.91 Å². The predicted molar refractivity (Wildman–Crippen MR) is 78.0 cm³/mol. The van der Waals surface area contributed by atoms with E-state index in [1.54, 1.807) is 0 Å². The minimum Gasteiger partial charge on any atom is -0.341 e. The highest BCUT2D eigenvalue weighted by molar-refractivity contribution is 5.78. The van der Waals surface area contributed by atoms with E-state index >= 15 is 0 Å². The van der Waals surface area contributed by atoms with Gasteiger partial charge in [0.1, 0.15) is 0 Å². The molecule has 1 heterocycles. The van der Waals surface area contributed by atoms with E-state index < -0.39 is 0 Å². The van der Waals surface area contributed by atoms with Gasteiger partial charge in [0, 0.05) is 32.1 Å². The second-order valence-corrected chi connectivity index (χ2v) is 5.58. The summed E-state index contributed by atoms with van der Waals surface area (Å²) in [5, 5.41) is 3.52. The number of nitrogens with one attached hydrogen (secondary N) is 1. The normalized spacial score (nSPS) is 17.0. The van der Waals surface area contributed by atoms with Crippen LogP contribution in [0.2, 0.25) is 0 Å². The average molecular weight is 260 g/mol. The summed E-state index contributed by atoms with van der Waals surface area (Å²) in [7, 11) is 0. The van der Waals surface area contributed by atoms with Crippen LogP contribution in [0.5, 0.6) is 0 Å². The first kappa shape index (κ1) is 14.1. The van der Waals surface area contributed by atoms with Gasteiger partial charge in [-0.2, -0.15) is 0 Å². The highest BCUT2D eigenvalue weighted by Crippen LogP contribution is 2.13. The van der Waals surface area contributed by atoms with Crippen LogP contribution in [-0.4, -0.2) is 29.9 Å². The summed E-state index contributed by atoms with van der Waals surface area (Å²) in [6, 6.07) is 6.75. The molecule has 1 aromatic carbocycles. The third-order valence-corrected chi connectivity index (χ3v) is 4.02. The molecule has 1 unspecified atom stereocenters. The van der Waals surface area contributed by atoms with Crippen molar-refractivity contribution in [3.05, 3.63) is 34.9 Å². The molecule has 1 aromatic rings. The Bertz CT molecular complexity index is 456. The molecule has 19 heavy (non-hydrogen) atoms. The summed E-state index contributed by atoms with van der Waals surface area (Å²) < 4.78 is 0. The molecule has 0 aromatic heterocycles. The van der Waals surface area contributed by atoms with Crippen LogP contribution in [0.4, 0.5) is 0 Å². The lowest BCUT2D eigenvalue weighted by Crippen LogP contribution is -2.39. The van der Waals surface area contributed by atoms with Gasteiger partial charge in [-0.3, -0.25) is 4.79 Å². The summed E-state index contributed by atoms with van der Waals surface area (Å²) in [6.07, 6.45) is 1.74. The molecular weight excluding hydrogens is 236 g/mol. The zero-order chi connectivity index (χ0) is 13.8. The number of benzene rings is 1. The number of nitrogens with zero attached hydrogens (tertiary/aromatic N) is 1. The van der Waals surface area contributed by atoms with Crippen LogP contribution in [0.3, 0.4) is 0 Å². The van der Waals surface area contributed by atoms with Gasteiger partial charge < -0.3 is 10.2 Å². The summed E-state index contributed by atoms with van der Waals surface area (Å²) in [6.45, 7) is 9.08. The molecular formula is C16H24N2O. The summed E-state index contributed by atoms with van der Waals surface area (Å²) >= 11 is 0. The summed E-state index contributed by atoms with van der Waals surface area (Å²) in [4.78, 5) is 13.6. The van der Waals surface area contributed by atoms with Gasteiger partial charge in [-0.05, 0) is 43.9 Å². The van der Waals surface area contributed by atoms with Gasteiger partial charge in [-0.1, -0.05) is 18.2 Å². The lowest BCUT2D eigenvalue weighted by molar-refractivity contribution is -0.127. The molecule has 2 rings (SSSR count). The maximum Gasteiger partial charge on any atom is 0.222 e. The van der Waals surface area contributed by atoms with Crippen LogP contribution in [0.25, 0.3) is 0 Å². The number of carbonyl (C=O) groups excluding carboxylic acids is 1. The van der Waals surface area contributed by atoms with Crippen molar-refractivity contribution in [1.29, 1.82) is 0 Å². The summed E-state index contributed by atoms with van der Waals surface area (Å²) in [5.74, 6) is 0.306. The Morgan fingerprint density at radius 1 is 1.37 bits per heavy atom. The molecule has 1 aliphatic heterocycles. The molecule has 0 saturated carbocycles. The van der Waals surface area contributed by atoms with Crippen molar-refractivity contribution in [3.63, 3.8) is 0 Å². The minimum absolute atomic E-state index is 0.306. The molecule has 104 valence electrons. The van der Waals surface area contributed by atoms with Crippen LogP contribution >= 0.6 is 0 Å². The van der Waals surface area contributed by atoms with Crippen molar-refractivity contribution in [2.24, 2.45) is 0 Å². The molecule has 1 fully saturated rings. The van der Waals surface area contributed by atoms with Crippen molar-refractivity contribution in [2.45, 2.75) is 46.2 Å². The quantitative estimate of drug-likeness (QED) is 0.881. The monoisotopic (exact) mass is 260 g/mol. The van der Waals surface area contributed by atoms with Crippen LogP contribution in [0.15, 0.2) is 18.2 Å². The highest BCUT2D eigenvalue weighted by atomic mass is 16.2. The molecule has 1 amide bonds. The fraction of sp³-hybridized carbons (Fsp3) is 0.562. The third-order valence-electron chi connectivity index (χ3n) is 4.02. The number of rotatable bonds is 5. The first-order valence-electron chi connectivity index (χ1n) is 7.14. The Kier molecular flexibility index (Phi) is 4.59. The van der Waals surface area contributed by atoms with Gasteiger partial charge in [0.05, 0.1) is 0 Å². The number of hydrogen-bond donors (Lipinski definition) is 1. The van der Waals surface area contributed by atoms with Crippen molar-refractivity contribution in [3.8, 4) is 0 Å². The standard InChI is InChI=1S/C16H24N2O/c1-12-6-4-7-15(14(12)3)10-17-13(2)11-18-9-5-8-16(18)19/h4,6-7,13,17H,5,8-11H2,1-3H3. The first-order valence-corrected chi connectivity index (χ1v) is 7.14. The first-order chi connectivity index (χ1) is 9.08. The van der Waals surface area contributed by atoms with Gasteiger partial charge in [-0.15, -0.1) is 0 Å². The Balaban J connectivity index is 1.84. The van der Waals surface area contributed by atoms with E-state index in [1.807, 2.05) is 4.90 Å². The van der Waals surface area contributed by atoms with Crippen LogP contribution in [0, 0.1) is 13.8 Å². The van der Waals surface area contributed by atoms with E-state index in [4.69, 9.17) is 0 Å². The fourth-order valence-corrected chi connectivity index (χ4v) is 2.58. The molecule has 0 bridgehead atoms. The molecule has 3 heteroatoms. The zero-order valence-corrected chi connectivity index (χ0v) is 12.2. The molecule has 1 atom stereocenters. The number of likely N-dealkylation sites (tertiary alicyclic amines) is 1. The molecule has 3 nitrogen and oxygen atoms in total. The number of amides is 1. The van der Waals surface area contributed by atoms with E-state index in [0.717, 1.165) is 32.5 Å². The highest BCUT2D eigenvalue weighted by Gasteiger charge is 2.21. The van der Waals surface area contributed by atoms with Crippen molar-refractivity contribution in [1.82, 2.24) is 10.2 Å². The van der Waals surface area contributed by atoms with Crippen LogP contribution in [-0.2, 0) is 11.3 Å². The lowest BCUT2D eigenvalue weighted by Gasteiger charge is -2.22. The molecule has 1 aliphatic rings. The number of hydrogen-bond acceptors (Lipinski definition) is 2. The van der Waals surface area contributed by atoms with Crippen LogP contribution in [0.1, 0.15) is 36.5 Å². The van der Waals surface area contributed by atoms with Gasteiger partial charge in [0.25, 0.3) is 0 Å². The topological polar surface area (TPSA) is 32.3 Å². The van der Waals surface area contributed by atoms with Gasteiger partial charge in [0.2, 0.25) is 5.91 Å². The largest absolute Gasteiger partial charge is 0.341 e. The number of carbonyl (C=O) groups is 1. The van der Waals surface area contributed by atoms with E-state index in [1.165, 1.54) is 16.7 Å². The van der Waals surface area contributed by atoms with Crippen molar-refractivity contribution in [2.75, 3.05) is 13.1 Å². The van der Waals surface area contributed by atoms with Gasteiger partial charge >= 0.3 is 0 Å². The third kappa shape index (κ3) is 3.57. The molecule has 0 spiro atoms. The van der Waals surface area contributed by atoms with E-state index in [2.05, 4.69) is 44.3 Å². The fourth-order valence-electron chi connectivity index (χ4n) is 2.58. The minimum atomic E-state index is 0.306. The number of aryl methyl sites for hydroxylation is 1. The smallest absolute Gasteiger partial charge is 0.222 e. The Labute approximate surface area is 116 Å². The Morgan fingerprint density at radius 2 is 2.16 bits per heavy atom. The molecule has 1 saturated heterocycles. The zero-order valence-electron chi connectivity index (χ0n) is 12.2. The Morgan fingerprint density at radius 3 is 2.84 bits per heavy atom. The second-order valence-electron chi connectivity index (χ2n) is 5.58. The lowest BCUT2D eigenvalue weighted by atomic mass is 10.0. The predicted octanol–water partition coefficient (Wildman–Crippen LogP) is 2.40. The van der Waals surface area contributed by atoms with Gasteiger partial charge in [-0.25, -0.2) is 0 Å². The maximum atomic E-state index is 11.6.